The fourth-order valence-electron chi connectivity index (χ4n) is 3.61. The highest BCUT2D eigenvalue weighted by Crippen LogP contribution is 2.33. The van der Waals surface area contributed by atoms with E-state index < -0.39 is 22.4 Å². The van der Waals surface area contributed by atoms with Crippen LogP contribution in [-0.4, -0.2) is 27.5 Å². The summed E-state index contributed by atoms with van der Waals surface area (Å²) in [4.78, 5) is 12.1. The average molecular weight is 431 g/mol. The standard InChI is InChI=1S/C18H32BrNO2Si2/c1-18(2,3)13-24(7,8)20(17(21)22)15-10-9-14(12-19)16(11-15)23(4,5)6/h9-11H,12-13H2,1-8H3,(H,21,22). The van der Waals surface area contributed by atoms with Gasteiger partial charge >= 0.3 is 6.09 Å². The highest BCUT2D eigenvalue weighted by Gasteiger charge is 2.38. The number of halogens is 1. The van der Waals surface area contributed by atoms with Gasteiger partial charge in [-0.25, -0.2) is 4.79 Å². The summed E-state index contributed by atoms with van der Waals surface area (Å²) in [7, 11) is -3.70. The van der Waals surface area contributed by atoms with Crippen molar-refractivity contribution in [3.8, 4) is 0 Å². The SMILES string of the molecule is CC(C)(C)C[Si](C)(C)N(C(=O)O)c1ccc(CBr)c([Si](C)(C)C)c1. The van der Waals surface area contributed by atoms with Crippen molar-refractivity contribution in [3.63, 3.8) is 0 Å². The van der Waals surface area contributed by atoms with Crippen molar-refractivity contribution < 1.29 is 9.90 Å². The molecule has 6 heteroatoms. The maximum atomic E-state index is 12.1. The van der Waals surface area contributed by atoms with E-state index in [0.717, 1.165) is 17.1 Å². The van der Waals surface area contributed by atoms with Gasteiger partial charge in [0.1, 0.15) is 0 Å². The van der Waals surface area contributed by atoms with Crippen molar-refractivity contribution in [2.24, 2.45) is 5.41 Å². The molecule has 0 saturated heterocycles. The van der Waals surface area contributed by atoms with E-state index in [1.165, 1.54) is 10.8 Å². The number of nitrogens with zero attached hydrogens (tertiary/aromatic N) is 1. The molecule has 136 valence electrons. The Bertz CT molecular complexity index is 604. The quantitative estimate of drug-likeness (QED) is 0.469. The number of alkyl halides is 1. The van der Waals surface area contributed by atoms with E-state index in [4.69, 9.17) is 0 Å². The summed E-state index contributed by atoms with van der Waals surface area (Å²) in [6.45, 7) is 17.8. The van der Waals surface area contributed by atoms with Gasteiger partial charge in [-0.15, -0.1) is 0 Å². The van der Waals surface area contributed by atoms with E-state index in [1.54, 1.807) is 4.57 Å². The second-order valence-corrected chi connectivity index (χ2v) is 19.4. The van der Waals surface area contributed by atoms with Crippen LogP contribution in [0, 0.1) is 5.41 Å². The van der Waals surface area contributed by atoms with E-state index in [1.807, 2.05) is 6.07 Å². The molecular weight excluding hydrogens is 398 g/mol. The fourth-order valence-corrected chi connectivity index (χ4v) is 10.2. The number of amides is 1. The van der Waals surface area contributed by atoms with E-state index >= 15 is 0 Å². The summed E-state index contributed by atoms with van der Waals surface area (Å²) in [5.74, 6) is 0. The minimum absolute atomic E-state index is 0.112. The van der Waals surface area contributed by atoms with Gasteiger partial charge < -0.3 is 9.67 Å². The molecule has 1 N–H and O–H groups in total. The zero-order chi connectivity index (χ0) is 18.9. The third kappa shape index (κ3) is 5.46. The molecule has 0 aromatic heterocycles. The molecular formula is C18H32BrNO2Si2. The van der Waals surface area contributed by atoms with Crippen LogP contribution in [0.1, 0.15) is 26.3 Å². The number of benzene rings is 1. The molecule has 1 aromatic carbocycles. The molecule has 0 aliphatic rings. The molecule has 0 bridgehead atoms. The van der Waals surface area contributed by atoms with Gasteiger partial charge in [0.25, 0.3) is 0 Å². The molecule has 0 radical (unpaired) electrons. The van der Waals surface area contributed by atoms with Crippen LogP contribution in [0.5, 0.6) is 0 Å². The zero-order valence-corrected chi connectivity index (χ0v) is 19.9. The first-order valence-electron chi connectivity index (χ1n) is 8.41. The van der Waals surface area contributed by atoms with Crippen LogP contribution < -0.4 is 9.75 Å². The van der Waals surface area contributed by atoms with E-state index in [2.05, 4.69) is 81.6 Å². The van der Waals surface area contributed by atoms with Gasteiger partial charge in [-0.05, 0) is 29.2 Å². The van der Waals surface area contributed by atoms with Crippen molar-refractivity contribution in [1.29, 1.82) is 0 Å². The van der Waals surface area contributed by atoms with Gasteiger partial charge in [-0.1, -0.05) is 80.7 Å². The first kappa shape index (κ1) is 21.4. The summed E-state index contributed by atoms with van der Waals surface area (Å²) in [5, 5.41) is 12.1. The van der Waals surface area contributed by atoms with Crippen molar-refractivity contribution in [2.45, 2.75) is 64.9 Å². The predicted molar refractivity (Wildman–Crippen MR) is 114 cm³/mol. The van der Waals surface area contributed by atoms with Crippen molar-refractivity contribution in [3.05, 3.63) is 23.8 Å². The van der Waals surface area contributed by atoms with Crippen LogP contribution in [0.25, 0.3) is 0 Å². The molecule has 0 heterocycles. The molecule has 3 nitrogen and oxygen atoms in total. The van der Waals surface area contributed by atoms with Crippen LogP contribution in [0.2, 0.25) is 38.8 Å². The Balaban J connectivity index is 3.45. The predicted octanol–water partition coefficient (Wildman–Crippen LogP) is 5.86. The lowest BCUT2D eigenvalue weighted by atomic mass is 10.0. The van der Waals surface area contributed by atoms with Crippen LogP contribution in [0.15, 0.2) is 18.2 Å². The van der Waals surface area contributed by atoms with E-state index in [-0.39, 0.29) is 5.41 Å². The highest BCUT2D eigenvalue weighted by molar-refractivity contribution is 9.08. The lowest BCUT2D eigenvalue weighted by Crippen LogP contribution is -2.54. The molecule has 0 atom stereocenters. The number of anilines is 1. The zero-order valence-electron chi connectivity index (χ0n) is 16.3. The minimum Gasteiger partial charge on any atom is -0.465 e. The maximum absolute atomic E-state index is 12.1. The molecule has 1 aromatic rings. The van der Waals surface area contributed by atoms with Gasteiger partial charge in [0.05, 0.1) is 8.07 Å². The average Bonchev–Trinajstić information content (AvgIpc) is 2.33. The number of hydrogen-bond donors (Lipinski definition) is 1. The molecule has 1 rings (SSSR count). The second kappa shape index (κ2) is 7.34. The second-order valence-electron chi connectivity index (χ2n) is 9.39. The van der Waals surface area contributed by atoms with Crippen LogP contribution in [0.4, 0.5) is 10.5 Å². The van der Waals surface area contributed by atoms with Gasteiger partial charge in [-0.2, -0.15) is 0 Å². The number of carbonyl (C=O) groups is 1. The molecule has 0 spiro atoms. The Morgan fingerprint density at radius 3 is 2.08 bits per heavy atom. The third-order valence-corrected chi connectivity index (χ3v) is 10.3. The largest absolute Gasteiger partial charge is 0.465 e. The Morgan fingerprint density at radius 2 is 1.71 bits per heavy atom. The summed E-state index contributed by atoms with van der Waals surface area (Å²) in [6.07, 6.45) is -0.830. The molecule has 0 aliphatic heterocycles. The third-order valence-electron chi connectivity index (χ3n) is 4.06. The topological polar surface area (TPSA) is 40.5 Å². The molecule has 24 heavy (non-hydrogen) atoms. The monoisotopic (exact) mass is 429 g/mol. The Hall–Kier alpha value is -0.596. The van der Waals surface area contributed by atoms with Gasteiger partial charge in [0.2, 0.25) is 0 Å². The first-order valence-corrected chi connectivity index (χ1v) is 16.2. The van der Waals surface area contributed by atoms with E-state index in [0.29, 0.717) is 0 Å². The number of carboxylic acid groups (broad SMARTS) is 1. The first-order chi connectivity index (χ1) is 10.7. The number of rotatable bonds is 5. The number of hydrogen-bond acceptors (Lipinski definition) is 1. The van der Waals surface area contributed by atoms with Crippen molar-refractivity contribution >= 4 is 49.2 Å². The summed E-state index contributed by atoms with van der Waals surface area (Å²) in [5.41, 5.74) is 2.23. The summed E-state index contributed by atoms with van der Waals surface area (Å²) in [6, 6.07) is 7.13. The Labute approximate surface area is 157 Å². The van der Waals surface area contributed by atoms with Crippen LogP contribution in [0.3, 0.4) is 0 Å². The molecule has 0 aliphatic carbocycles. The van der Waals surface area contributed by atoms with Gasteiger partial charge in [0.15, 0.2) is 8.24 Å². The Morgan fingerprint density at radius 1 is 1.17 bits per heavy atom. The van der Waals surface area contributed by atoms with Crippen LogP contribution >= 0.6 is 15.9 Å². The lowest BCUT2D eigenvalue weighted by molar-refractivity contribution is 0.205. The van der Waals surface area contributed by atoms with E-state index in [9.17, 15) is 9.90 Å². The highest BCUT2D eigenvalue weighted by atomic mass is 79.9. The normalized spacial score (nSPS) is 13.0. The maximum Gasteiger partial charge on any atom is 0.403 e. The van der Waals surface area contributed by atoms with Crippen molar-refractivity contribution in [2.75, 3.05) is 4.57 Å². The molecule has 1 amide bonds. The van der Waals surface area contributed by atoms with Gasteiger partial charge in [-0.3, -0.25) is 0 Å². The Kier molecular flexibility index (Phi) is 6.56. The summed E-state index contributed by atoms with van der Waals surface area (Å²) >= 11 is 3.57. The van der Waals surface area contributed by atoms with Crippen LogP contribution in [-0.2, 0) is 5.33 Å². The lowest BCUT2D eigenvalue weighted by Gasteiger charge is -2.39. The summed E-state index contributed by atoms with van der Waals surface area (Å²) < 4.78 is 1.68. The minimum atomic E-state index is -2.14. The molecule has 0 saturated carbocycles. The van der Waals surface area contributed by atoms with Crippen molar-refractivity contribution in [1.82, 2.24) is 0 Å². The fraction of sp³-hybridized carbons (Fsp3) is 0.611. The molecule has 0 unspecified atom stereocenters. The smallest absolute Gasteiger partial charge is 0.403 e. The molecule has 0 fully saturated rings. The van der Waals surface area contributed by atoms with Gasteiger partial charge in [0, 0.05) is 11.0 Å².